The van der Waals surface area contributed by atoms with E-state index in [-0.39, 0.29) is 0 Å². The van der Waals surface area contributed by atoms with Gasteiger partial charge in [0.1, 0.15) is 5.76 Å². The highest BCUT2D eigenvalue weighted by molar-refractivity contribution is 4.98. The summed E-state index contributed by atoms with van der Waals surface area (Å²) < 4.78 is 5.49. The van der Waals surface area contributed by atoms with Crippen molar-refractivity contribution < 1.29 is 4.42 Å². The van der Waals surface area contributed by atoms with Crippen molar-refractivity contribution in [2.75, 3.05) is 20.1 Å². The minimum absolute atomic E-state index is 0.684. The summed E-state index contributed by atoms with van der Waals surface area (Å²) in [6, 6.07) is 4.74. The molecule has 3 atom stereocenters. The lowest BCUT2D eigenvalue weighted by Gasteiger charge is -2.38. The first-order chi connectivity index (χ1) is 9.76. The molecule has 1 saturated carbocycles. The van der Waals surface area contributed by atoms with Crippen LogP contribution >= 0.6 is 0 Å². The van der Waals surface area contributed by atoms with Crippen LogP contribution in [0.25, 0.3) is 0 Å². The average Bonchev–Trinajstić information content (AvgIpc) is 2.99. The molecule has 0 spiro atoms. The van der Waals surface area contributed by atoms with E-state index in [0.29, 0.717) is 6.04 Å². The molecule has 0 amide bonds. The molecule has 1 fully saturated rings. The summed E-state index contributed by atoms with van der Waals surface area (Å²) >= 11 is 0. The van der Waals surface area contributed by atoms with E-state index in [1.807, 2.05) is 6.07 Å². The zero-order chi connectivity index (χ0) is 14.4. The molecule has 114 valence electrons. The maximum absolute atomic E-state index is 5.49. The third kappa shape index (κ3) is 4.10. The summed E-state index contributed by atoms with van der Waals surface area (Å²) in [5.41, 5.74) is 0. The van der Waals surface area contributed by atoms with Crippen molar-refractivity contribution in [2.45, 2.75) is 52.1 Å². The second-order valence-electron chi connectivity index (χ2n) is 6.15. The molecule has 20 heavy (non-hydrogen) atoms. The average molecular weight is 278 g/mol. The largest absolute Gasteiger partial charge is 0.468 e. The third-order valence-electron chi connectivity index (χ3n) is 4.94. The van der Waals surface area contributed by atoms with E-state index in [0.717, 1.165) is 30.7 Å². The van der Waals surface area contributed by atoms with E-state index in [2.05, 4.69) is 37.2 Å². The maximum Gasteiger partial charge on any atom is 0.117 e. The zero-order valence-electron chi connectivity index (χ0n) is 13.3. The molecule has 3 unspecified atom stereocenters. The van der Waals surface area contributed by atoms with Gasteiger partial charge in [-0.05, 0) is 56.8 Å². The van der Waals surface area contributed by atoms with Gasteiger partial charge in [0.05, 0.1) is 12.8 Å². The van der Waals surface area contributed by atoms with E-state index in [1.54, 1.807) is 6.26 Å². The highest BCUT2D eigenvalue weighted by atomic mass is 16.3. The summed E-state index contributed by atoms with van der Waals surface area (Å²) in [6.45, 7) is 7.79. The fourth-order valence-electron chi connectivity index (χ4n) is 3.57. The molecule has 0 aromatic carbocycles. The standard InChI is InChI=1S/C17H30N2O/c1-4-14-8-9-17(18-3)15(11-14)12-19(5-2)13-16-7-6-10-20-16/h6-7,10,14-15,17-18H,4-5,8-9,11-13H2,1-3H3. The van der Waals surface area contributed by atoms with Crippen molar-refractivity contribution in [3.05, 3.63) is 24.2 Å². The molecule has 3 nitrogen and oxygen atoms in total. The molecule has 0 bridgehead atoms. The van der Waals surface area contributed by atoms with Gasteiger partial charge < -0.3 is 9.73 Å². The van der Waals surface area contributed by atoms with Gasteiger partial charge in [-0.2, -0.15) is 0 Å². The molecule has 0 aliphatic heterocycles. The van der Waals surface area contributed by atoms with Gasteiger partial charge in [-0.15, -0.1) is 0 Å². The second-order valence-corrected chi connectivity index (χ2v) is 6.15. The van der Waals surface area contributed by atoms with Gasteiger partial charge in [-0.3, -0.25) is 4.90 Å². The molecule has 0 saturated heterocycles. The van der Waals surface area contributed by atoms with E-state index in [9.17, 15) is 0 Å². The van der Waals surface area contributed by atoms with E-state index >= 15 is 0 Å². The molecular weight excluding hydrogens is 248 g/mol. The van der Waals surface area contributed by atoms with Gasteiger partial charge in [0, 0.05) is 12.6 Å². The van der Waals surface area contributed by atoms with Crippen molar-refractivity contribution in [3.63, 3.8) is 0 Å². The Labute approximate surface area is 123 Å². The van der Waals surface area contributed by atoms with Crippen LogP contribution in [-0.2, 0) is 6.54 Å². The lowest BCUT2D eigenvalue weighted by Crippen LogP contribution is -2.44. The van der Waals surface area contributed by atoms with Crippen molar-refractivity contribution >= 4 is 0 Å². The van der Waals surface area contributed by atoms with Crippen molar-refractivity contribution in [1.29, 1.82) is 0 Å². The Morgan fingerprint density at radius 2 is 2.20 bits per heavy atom. The highest BCUT2D eigenvalue weighted by Gasteiger charge is 2.29. The Morgan fingerprint density at radius 3 is 2.80 bits per heavy atom. The van der Waals surface area contributed by atoms with Crippen LogP contribution in [0, 0.1) is 11.8 Å². The number of furan rings is 1. The van der Waals surface area contributed by atoms with E-state index in [1.165, 1.54) is 32.2 Å². The molecule has 1 aliphatic rings. The van der Waals surface area contributed by atoms with Gasteiger partial charge >= 0.3 is 0 Å². The van der Waals surface area contributed by atoms with Crippen molar-refractivity contribution in [1.82, 2.24) is 10.2 Å². The first-order valence-corrected chi connectivity index (χ1v) is 8.18. The summed E-state index contributed by atoms with van der Waals surface area (Å²) in [5.74, 6) is 2.77. The molecule has 1 aromatic heterocycles. The van der Waals surface area contributed by atoms with E-state index < -0.39 is 0 Å². The first kappa shape index (κ1) is 15.6. The molecule has 1 N–H and O–H groups in total. The van der Waals surface area contributed by atoms with Crippen LogP contribution in [0.1, 0.15) is 45.3 Å². The predicted molar refractivity (Wildman–Crippen MR) is 83.6 cm³/mol. The first-order valence-electron chi connectivity index (χ1n) is 8.18. The van der Waals surface area contributed by atoms with Gasteiger partial charge in [0.2, 0.25) is 0 Å². The highest BCUT2D eigenvalue weighted by Crippen LogP contribution is 2.32. The number of nitrogens with zero attached hydrogens (tertiary/aromatic N) is 1. The summed E-state index contributed by atoms with van der Waals surface area (Å²) in [5, 5.41) is 3.54. The Kier molecular flexibility index (Phi) is 6.11. The number of nitrogens with one attached hydrogen (secondary N) is 1. The van der Waals surface area contributed by atoms with Gasteiger partial charge in [-0.1, -0.05) is 20.3 Å². The van der Waals surface area contributed by atoms with Crippen LogP contribution in [0.3, 0.4) is 0 Å². The lowest BCUT2D eigenvalue weighted by atomic mass is 9.76. The monoisotopic (exact) mass is 278 g/mol. The van der Waals surface area contributed by atoms with Crippen LogP contribution in [-0.4, -0.2) is 31.1 Å². The summed E-state index contributed by atoms with van der Waals surface area (Å²) in [7, 11) is 2.12. The smallest absolute Gasteiger partial charge is 0.117 e. The third-order valence-corrected chi connectivity index (χ3v) is 4.94. The topological polar surface area (TPSA) is 28.4 Å². The van der Waals surface area contributed by atoms with E-state index in [4.69, 9.17) is 4.42 Å². The maximum atomic E-state index is 5.49. The minimum atomic E-state index is 0.684. The zero-order valence-corrected chi connectivity index (χ0v) is 13.3. The summed E-state index contributed by atoms with van der Waals surface area (Å²) in [4.78, 5) is 2.52. The normalized spacial score (nSPS) is 27.1. The Balaban J connectivity index is 1.93. The Hall–Kier alpha value is -0.800. The quantitative estimate of drug-likeness (QED) is 0.827. The summed E-state index contributed by atoms with van der Waals surface area (Å²) in [6.07, 6.45) is 7.20. The predicted octanol–water partition coefficient (Wildman–Crippen LogP) is 3.52. The van der Waals surface area contributed by atoms with Gasteiger partial charge in [0.25, 0.3) is 0 Å². The number of rotatable bonds is 7. The molecule has 0 radical (unpaired) electrons. The van der Waals surface area contributed by atoms with Crippen molar-refractivity contribution in [2.24, 2.45) is 11.8 Å². The Morgan fingerprint density at radius 1 is 1.35 bits per heavy atom. The van der Waals surface area contributed by atoms with Crippen molar-refractivity contribution in [3.8, 4) is 0 Å². The fourth-order valence-corrected chi connectivity index (χ4v) is 3.57. The molecule has 3 heteroatoms. The molecule has 2 rings (SSSR count). The SMILES string of the molecule is CCC1CCC(NC)C(CN(CC)Cc2ccco2)C1. The Bertz CT molecular complexity index is 363. The number of hydrogen-bond donors (Lipinski definition) is 1. The van der Waals surface area contributed by atoms with Gasteiger partial charge in [0.15, 0.2) is 0 Å². The number of hydrogen-bond acceptors (Lipinski definition) is 3. The lowest BCUT2D eigenvalue weighted by molar-refractivity contribution is 0.136. The van der Waals surface area contributed by atoms with Crippen LogP contribution in [0.4, 0.5) is 0 Å². The molecule has 1 aromatic rings. The molecule has 1 heterocycles. The van der Waals surface area contributed by atoms with Crippen LogP contribution in [0.2, 0.25) is 0 Å². The molecular formula is C17H30N2O. The van der Waals surface area contributed by atoms with Crippen LogP contribution in [0.5, 0.6) is 0 Å². The van der Waals surface area contributed by atoms with Crippen LogP contribution in [0.15, 0.2) is 22.8 Å². The minimum Gasteiger partial charge on any atom is -0.468 e. The fraction of sp³-hybridized carbons (Fsp3) is 0.765. The molecule has 1 aliphatic carbocycles. The van der Waals surface area contributed by atoms with Crippen LogP contribution < -0.4 is 5.32 Å². The second kappa shape index (κ2) is 7.84. The van der Waals surface area contributed by atoms with Gasteiger partial charge in [-0.25, -0.2) is 0 Å².